The molecule has 0 bridgehead atoms. The Morgan fingerprint density at radius 3 is 2.30 bits per heavy atom. The van der Waals surface area contributed by atoms with Crippen LogP contribution in [-0.2, 0) is 6.42 Å². The number of nitrogens with one attached hydrogen (secondary N) is 1. The van der Waals surface area contributed by atoms with Gasteiger partial charge in [0.15, 0.2) is 5.82 Å². The van der Waals surface area contributed by atoms with Crippen LogP contribution in [0.1, 0.15) is 22.4 Å². The number of hydrogen-bond donors (Lipinski definition) is 1. The number of benzene rings is 2. The van der Waals surface area contributed by atoms with Crippen LogP contribution in [0.25, 0.3) is 11.4 Å². The van der Waals surface area contributed by atoms with Crippen LogP contribution < -0.4 is 10.2 Å². The number of aryl methyl sites for hydroxylation is 2. The molecule has 0 unspecified atom stereocenters. The summed E-state index contributed by atoms with van der Waals surface area (Å²) in [5.41, 5.74) is 5.92. The minimum absolute atomic E-state index is 0.817. The first-order valence-corrected chi connectivity index (χ1v) is 9.65. The molecule has 1 N–H and O–H groups in total. The Hall–Kier alpha value is -2.72. The highest BCUT2D eigenvalue weighted by atomic mass is 15.2. The van der Waals surface area contributed by atoms with Gasteiger partial charge in [0.2, 0.25) is 0 Å². The van der Waals surface area contributed by atoms with Gasteiger partial charge in [-0.2, -0.15) is 0 Å². The van der Waals surface area contributed by atoms with Crippen molar-refractivity contribution in [3.8, 4) is 11.4 Å². The monoisotopic (exact) mass is 358 g/mol. The molecular weight excluding hydrogens is 332 g/mol. The van der Waals surface area contributed by atoms with Crippen LogP contribution >= 0.6 is 0 Å². The topological polar surface area (TPSA) is 41.1 Å². The highest BCUT2D eigenvalue weighted by Gasteiger charge is 2.20. The molecule has 4 nitrogen and oxygen atoms in total. The second-order valence-corrected chi connectivity index (χ2v) is 7.20. The normalized spacial score (nSPS) is 14.4. The van der Waals surface area contributed by atoms with Crippen LogP contribution in [0.5, 0.6) is 0 Å². The van der Waals surface area contributed by atoms with Crippen molar-refractivity contribution in [2.45, 2.75) is 20.3 Å². The quantitative estimate of drug-likeness (QED) is 0.771. The van der Waals surface area contributed by atoms with Gasteiger partial charge in [-0.15, -0.1) is 0 Å². The van der Waals surface area contributed by atoms with Gasteiger partial charge in [0.25, 0.3) is 0 Å². The van der Waals surface area contributed by atoms with Crippen molar-refractivity contribution in [1.82, 2.24) is 15.3 Å². The summed E-state index contributed by atoms with van der Waals surface area (Å²) in [5, 5.41) is 3.44. The molecule has 3 aromatic rings. The maximum absolute atomic E-state index is 5.04. The van der Waals surface area contributed by atoms with E-state index in [1.54, 1.807) is 0 Å². The maximum Gasteiger partial charge on any atom is 0.161 e. The summed E-state index contributed by atoms with van der Waals surface area (Å²) >= 11 is 0. The summed E-state index contributed by atoms with van der Waals surface area (Å²) in [6.45, 7) is 8.16. The average molecular weight is 358 g/mol. The van der Waals surface area contributed by atoms with Gasteiger partial charge >= 0.3 is 0 Å². The largest absolute Gasteiger partial charge is 0.354 e. The third-order valence-electron chi connectivity index (χ3n) is 5.14. The molecular formula is C23H26N4. The van der Waals surface area contributed by atoms with Crippen molar-refractivity contribution in [3.63, 3.8) is 0 Å². The Labute approximate surface area is 161 Å². The number of nitrogens with zero attached hydrogens (tertiary/aromatic N) is 3. The third-order valence-corrected chi connectivity index (χ3v) is 5.14. The van der Waals surface area contributed by atoms with E-state index in [-0.39, 0.29) is 0 Å². The molecule has 4 heteroatoms. The first kappa shape index (κ1) is 17.7. The highest BCUT2D eigenvalue weighted by molar-refractivity contribution is 5.61. The van der Waals surface area contributed by atoms with E-state index in [1.807, 2.05) is 0 Å². The molecule has 2 aromatic carbocycles. The maximum atomic E-state index is 5.04. The van der Waals surface area contributed by atoms with Gasteiger partial charge in [-0.05, 0) is 19.4 Å². The van der Waals surface area contributed by atoms with E-state index in [0.717, 1.165) is 55.5 Å². The van der Waals surface area contributed by atoms with E-state index in [1.165, 1.54) is 16.7 Å². The lowest BCUT2D eigenvalue weighted by molar-refractivity contribution is 0.583. The molecule has 2 heterocycles. The van der Waals surface area contributed by atoms with E-state index in [4.69, 9.17) is 9.97 Å². The molecule has 0 aliphatic carbocycles. The van der Waals surface area contributed by atoms with Crippen molar-refractivity contribution in [1.29, 1.82) is 0 Å². The standard InChI is InChI=1S/C23H26N4/c1-17-8-10-20(11-9-17)22-25-18(2)21(16-19-6-4-3-5-7-19)23(26-22)27-14-12-24-13-15-27/h3-11,24H,12-16H2,1-2H3. The number of rotatable bonds is 4. The molecule has 138 valence electrons. The fourth-order valence-electron chi connectivity index (χ4n) is 3.56. The Balaban J connectivity index is 1.78. The molecule has 4 rings (SSSR count). The lowest BCUT2D eigenvalue weighted by Gasteiger charge is -2.31. The lowest BCUT2D eigenvalue weighted by atomic mass is 10.0. The van der Waals surface area contributed by atoms with E-state index in [2.05, 4.69) is 78.7 Å². The molecule has 0 radical (unpaired) electrons. The SMILES string of the molecule is Cc1ccc(-c2nc(C)c(Cc3ccccc3)c(N3CCNCC3)n2)cc1. The number of hydrogen-bond acceptors (Lipinski definition) is 4. The summed E-state index contributed by atoms with van der Waals surface area (Å²) in [4.78, 5) is 12.3. The Kier molecular flexibility index (Phi) is 5.16. The van der Waals surface area contributed by atoms with Crippen molar-refractivity contribution in [2.24, 2.45) is 0 Å². The fourth-order valence-corrected chi connectivity index (χ4v) is 3.56. The summed E-state index contributed by atoms with van der Waals surface area (Å²) in [6.07, 6.45) is 0.861. The minimum atomic E-state index is 0.817. The molecule has 1 saturated heterocycles. The van der Waals surface area contributed by atoms with Crippen LogP contribution in [0.4, 0.5) is 5.82 Å². The second kappa shape index (κ2) is 7.89. The van der Waals surface area contributed by atoms with Crippen LogP contribution in [0, 0.1) is 13.8 Å². The van der Waals surface area contributed by atoms with Crippen molar-refractivity contribution < 1.29 is 0 Å². The summed E-state index contributed by atoms with van der Waals surface area (Å²) in [5.74, 6) is 1.90. The number of aromatic nitrogens is 2. The summed E-state index contributed by atoms with van der Waals surface area (Å²) in [7, 11) is 0. The van der Waals surface area contributed by atoms with E-state index in [0.29, 0.717) is 0 Å². The Morgan fingerprint density at radius 1 is 0.889 bits per heavy atom. The van der Waals surface area contributed by atoms with Crippen molar-refractivity contribution in [3.05, 3.63) is 77.0 Å². The molecule has 27 heavy (non-hydrogen) atoms. The van der Waals surface area contributed by atoms with Gasteiger partial charge in [-0.1, -0.05) is 60.2 Å². The van der Waals surface area contributed by atoms with Gasteiger partial charge in [0, 0.05) is 49.4 Å². The zero-order valence-corrected chi connectivity index (χ0v) is 16.1. The van der Waals surface area contributed by atoms with Crippen molar-refractivity contribution >= 4 is 5.82 Å². The average Bonchev–Trinajstić information content (AvgIpc) is 2.71. The van der Waals surface area contributed by atoms with Gasteiger partial charge in [0.05, 0.1) is 0 Å². The van der Waals surface area contributed by atoms with Gasteiger partial charge in [-0.3, -0.25) is 0 Å². The minimum Gasteiger partial charge on any atom is -0.354 e. The first-order chi connectivity index (χ1) is 13.2. The lowest BCUT2D eigenvalue weighted by Crippen LogP contribution is -2.44. The number of piperazine rings is 1. The van der Waals surface area contributed by atoms with E-state index < -0.39 is 0 Å². The zero-order valence-electron chi connectivity index (χ0n) is 16.1. The first-order valence-electron chi connectivity index (χ1n) is 9.65. The molecule has 1 aromatic heterocycles. The Morgan fingerprint density at radius 2 is 1.59 bits per heavy atom. The predicted octanol–water partition coefficient (Wildman–Crippen LogP) is 3.76. The second-order valence-electron chi connectivity index (χ2n) is 7.20. The van der Waals surface area contributed by atoms with E-state index >= 15 is 0 Å². The van der Waals surface area contributed by atoms with Crippen LogP contribution in [0.3, 0.4) is 0 Å². The molecule has 1 aliphatic rings. The van der Waals surface area contributed by atoms with Crippen LogP contribution in [-0.4, -0.2) is 36.1 Å². The molecule has 1 fully saturated rings. The van der Waals surface area contributed by atoms with Crippen LogP contribution in [0.2, 0.25) is 0 Å². The molecule has 0 atom stereocenters. The van der Waals surface area contributed by atoms with Crippen molar-refractivity contribution in [2.75, 3.05) is 31.1 Å². The zero-order chi connectivity index (χ0) is 18.6. The Bertz CT molecular complexity index is 898. The van der Waals surface area contributed by atoms with Gasteiger partial charge < -0.3 is 10.2 Å². The molecule has 1 aliphatic heterocycles. The summed E-state index contributed by atoms with van der Waals surface area (Å²) in [6, 6.07) is 19.1. The molecule has 0 saturated carbocycles. The van der Waals surface area contributed by atoms with Crippen LogP contribution in [0.15, 0.2) is 54.6 Å². The smallest absolute Gasteiger partial charge is 0.161 e. The fraction of sp³-hybridized carbons (Fsp3) is 0.304. The predicted molar refractivity (Wildman–Crippen MR) is 111 cm³/mol. The number of anilines is 1. The third kappa shape index (κ3) is 4.01. The van der Waals surface area contributed by atoms with Gasteiger partial charge in [-0.25, -0.2) is 9.97 Å². The molecule has 0 spiro atoms. The molecule has 0 amide bonds. The highest BCUT2D eigenvalue weighted by Crippen LogP contribution is 2.28. The van der Waals surface area contributed by atoms with Gasteiger partial charge in [0.1, 0.15) is 5.82 Å². The van der Waals surface area contributed by atoms with E-state index in [9.17, 15) is 0 Å². The summed E-state index contributed by atoms with van der Waals surface area (Å²) < 4.78 is 0.